The predicted molar refractivity (Wildman–Crippen MR) is 128 cm³/mol. The predicted octanol–water partition coefficient (Wildman–Crippen LogP) is 5.28. The summed E-state index contributed by atoms with van der Waals surface area (Å²) < 4.78 is 14.1. The van der Waals surface area contributed by atoms with Crippen LogP contribution in [0.4, 0.5) is 10.1 Å². The van der Waals surface area contributed by atoms with Crippen LogP contribution in [0.3, 0.4) is 0 Å². The van der Waals surface area contributed by atoms with Crippen LogP contribution in [-0.4, -0.2) is 29.8 Å². The first kappa shape index (κ1) is 23.1. The van der Waals surface area contributed by atoms with Crippen LogP contribution >= 0.6 is 0 Å². The van der Waals surface area contributed by atoms with Crippen molar-refractivity contribution in [3.8, 4) is 6.07 Å². The van der Waals surface area contributed by atoms with Crippen LogP contribution in [0.15, 0.2) is 29.8 Å². The van der Waals surface area contributed by atoms with Crippen molar-refractivity contribution in [1.29, 1.82) is 5.26 Å². The molecule has 3 aliphatic carbocycles. The smallest absolute Gasteiger partial charge is 0.260 e. The average Bonchev–Trinajstić information content (AvgIpc) is 3.18. The SMILES string of the molecule is CC1C[C@@H]2[C@@H](CC[C@]3(C)CCC[C@@H]23)[C@@]2(C)C=C(C(=O)Nc3cccc(F)c3C#N)C(=O)N(C)C12. The number of hydrogen-bond acceptors (Lipinski definition) is 3. The maximum absolute atomic E-state index is 14.1. The summed E-state index contributed by atoms with van der Waals surface area (Å²) in [7, 11) is 1.81. The molecule has 34 heavy (non-hydrogen) atoms. The molecule has 2 amide bonds. The number of likely N-dealkylation sites (N-methyl/N-ethyl adjacent to an activating group) is 1. The van der Waals surface area contributed by atoms with Gasteiger partial charge in [0.05, 0.1) is 5.69 Å². The second-order valence-electron chi connectivity index (χ2n) is 11.7. The van der Waals surface area contributed by atoms with E-state index in [0.717, 1.165) is 12.8 Å². The van der Waals surface area contributed by atoms with Crippen LogP contribution in [0, 0.1) is 51.6 Å². The van der Waals surface area contributed by atoms with Crippen LogP contribution in [0.25, 0.3) is 0 Å². The first-order chi connectivity index (χ1) is 16.1. The first-order valence-electron chi connectivity index (χ1n) is 12.6. The quantitative estimate of drug-likeness (QED) is 0.607. The molecule has 0 radical (unpaired) electrons. The molecule has 0 bridgehead atoms. The lowest BCUT2D eigenvalue weighted by atomic mass is 9.46. The van der Waals surface area contributed by atoms with E-state index < -0.39 is 11.7 Å². The molecule has 1 heterocycles. The topological polar surface area (TPSA) is 73.2 Å². The summed E-state index contributed by atoms with van der Waals surface area (Å²) in [5.74, 6) is 0.513. The Kier molecular flexibility index (Phi) is 5.39. The standard InChI is InChI=1S/C28H34FN3O2/c1-16-13-17-20-7-6-11-27(20,2)12-10-21(17)28(3)14-18(26(34)32(4)24(16)28)25(33)31-23-9-5-8-22(29)19(23)15-30/h5,8-9,14,16-17,20-21,24H,6-7,10-13H2,1-4H3,(H,31,33)/t16?,17-,20-,21+,24?,27-,28+/m0/s1. The van der Waals surface area contributed by atoms with E-state index in [1.54, 1.807) is 4.90 Å². The largest absolute Gasteiger partial charge is 0.337 e. The minimum Gasteiger partial charge on any atom is -0.337 e. The molecule has 1 N–H and O–H groups in total. The highest BCUT2D eigenvalue weighted by Crippen LogP contribution is 2.65. The Morgan fingerprint density at radius 3 is 2.74 bits per heavy atom. The van der Waals surface area contributed by atoms with Gasteiger partial charge in [-0.05, 0) is 73.3 Å². The van der Waals surface area contributed by atoms with Crippen LogP contribution < -0.4 is 5.32 Å². The third-order valence-corrected chi connectivity index (χ3v) is 9.88. The molecule has 0 spiro atoms. The molecule has 2 unspecified atom stereocenters. The number of nitrogens with one attached hydrogen (secondary N) is 1. The highest BCUT2D eigenvalue weighted by molar-refractivity contribution is 6.23. The molecule has 5 nitrogen and oxygen atoms in total. The number of fused-ring (bicyclic) bond motifs is 5. The van der Waals surface area contributed by atoms with Crippen molar-refractivity contribution in [2.45, 2.75) is 65.3 Å². The summed E-state index contributed by atoms with van der Waals surface area (Å²) in [6.07, 6.45) is 9.29. The number of carbonyl (C=O) groups excluding carboxylic acids is 2. The van der Waals surface area contributed by atoms with Crippen molar-refractivity contribution in [1.82, 2.24) is 4.90 Å². The highest BCUT2D eigenvalue weighted by atomic mass is 19.1. The van der Waals surface area contributed by atoms with Gasteiger partial charge in [0.15, 0.2) is 0 Å². The van der Waals surface area contributed by atoms with E-state index in [1.807, 2.05) is 19.2 Å². The second-order valence-corrected chi connectivity index (χ2v) is 11.7. The molecular weight excluding hydrogens is 429 g/mol. The Morgan fingerprint density at radius 1 is 1.24 bits per heavy atom. The van der Waals surface area contributed by atoms with Gasteiger partial charge < -0.3 is 10.2 Å². The zero-order valence-corrected chi connectivity index (χ0v) is 20.5. The van der Waals surface area contributed by atoms with E-state index in [-0.39, 0.29) is 34.2 Å². The second kappa shape index (κ2) is 7.93. The molecule has 0 saturated heterocycles. The number of benzene rings is 1. The minimum atomic E-state index is -0.695. The Bertz CT molecular complexity index is 1120. The molecule has 3 saturated carbocycles. The normalized spacial score (nSPS) is 38.8. The van der Waals surface area contributed by atoms with Gasteiger partial charge >= 0.3 is 0 Å². The van der Waals surface area contributed by atoms with Crippen LogP contribution in [-0.2, 0) is 9.59 Å². The fraction of sp³-hybridized carbons (Fsp3) is 0.607. The van der Waals surface area contributed by atoms with Crippen molar-refractivity contribution < 1.29 is 14.0 Å². The first-order valence-corrected chi connectivity index (χ1v) is 12.6. The summed E-state index contributed by atoms with van der Waals surface area (Å²) >= 11 is 0. The molecule has 5 rings (SSSR count). The van der Waals surface area contributed by atoms with Gasteiger partial charge in [0.1, 0.15) is 23.0 Å². The number of anilines is 1. The summed E-state index contributed by atoms with van der Waals surface area (Å²) in [5, 5.41) is 12.0. The minimum absolute atomic E-state index is 0.0485. The van der Waals surface area contributed by atoms with Crippen molar-refractivity contribution in [2.75, 3.05) is 12.4 Å². The lowest BCUT2D eigenvalue weighted by Gasteiger charge is -2.62. The molecular formula is C28H34FN3O2. The van der Waals surface area contributed by atoms with Gasteiger partial charge in [-0.25, -0.2) is 4.39 Å². The number of halogens is 1. The number of nitriles is 1. The molecule has 4 aliphatic rings. The zero-order chi connectivity index (χ0) is 24.4. The number of nitrogens with zero attached hydrogens (tertiary/aromatic N) is 2. The monoisotopic (exact) mass is 463 g/mol. The van der Waals surface area contributed by atoms with E-state index in [9.17, 15) is 19.2 Å². The van der Waals surface area contributed by atoms with Gasteiger partial charge in [-0.1, -0.05) is 39.3 Å². The zero-order valence-electron chi connectivity index (χ0n) is 20.5. The molecule has 1 aromatic carbocycles. The molecule has 3 fully saturated rings. The molecule has 180 valence electrons. The molecule has 7 atom stereocenters. The lowest BCUT2D eigenvalue weighted by molar-refractivity contribution is -0.146. The van der Waals surface area contributed by atoms with E-state index in [4.69, 9.17) is 0 Å². The van der Waals surface area contributed by atoms with Gasteiger partial charge in [0.25, 0.3) is 11.8 Å². The summed E-state index contributed by atoms with van der Waals surface area (Å²) in [5.41, 5.74) is 0.0839. The fourth-order valence-corrected chi connectivity index (χ4v) is 8.55. The van der Waals surface area contributed by atoms with Crippen LogP contribution in [0.5, 0.6) is 0 Å². The summed E-state index contributed by atoms with van der Waals surface area (Å²) in [4.78, 5) is 28.5. The third-order valence-electron chi connectivity index (χ3n) is 9.88. The third kappa shape index (κ3) is 3.23. The van der Waals surface area contributed by atoms with Crippen molar-refractivity contribution in [3.05, 3.63) is 41.2 Å². The number of amides is 2. The molecule has 6 heteroatoms. The number of hydrogen-bond donors (Lipinski definition) is 1. The van der Waals surface area contributed by atoms with Crippen LogP contribution in [0.2, 0.25) is 0 Å². The molecule has 1 aromatic rings. The van der Waals surface area contributed by atoms with Gasteiger partial charge in [0.2, 0.25) is 0 Å². The summed E-state index contributed by atoms with van der Waals surface area (Å²) in [6.45, 7) is 6.97. The highest BCUT2D eigenvalue weighted by Gasteiger charge is 2.61. The van der Waals surface area contributed by atoms with Crippen LogP contribution in [0.1, 0.15) is 64.9 Å². The van der Waals surface area contributed by atoms with E-state index >= 15 is 0 Å². The summed E-state index contributed by atoms with van der Waals surface area (Å²) in [6, 6.07) is 5.97. The van der Waals surface area contributed by atoms with E-state index in [1.165, 1.54) is 43.9 Å². The Hall–Kier alpha value is -2.68. The van der Waals surface area contributed by atoms with Crippen molar-refractivity contribution in [2.24, 2.45) is 34.5 Å². The Morgan fingerprint density at radius 2 is 2.00 bits per heavy atom. The maximum atomic E-state index is 14.1. The number of rotatable bonds is 2. The van der Waals surface area contributed by atoms with Gasteiger partial charge in [-0.2, -0.15) is 5.26 Å². The van der Waals surface area contributed by atoms with E-state index in [0.29, 0.717) is 29.1 Å². The fourth-order valence-electron chi connectivity index (χ4n) is 8.55. The van der Waals surface area contributed by atoms with Gasteiger partial charge in [-0.3, -0.25) is 9.59 Å². The maximum Gasteiger partial charge on any atom is 0.260 e. The van der Waals surface area contributed by atoms with Crippen molar-refractivity contribution in [3.63, 3.8) is 0 Å². The molecule has 1 aliphatic heterocycles. The van der Waals surface area contributed by atoms with Gasteiger partial charge in [0, 0.05) is 18.5 Å². The Balaban J connectivity index is 1.53. The van der Waals surface area contributed by atoms with Gasteiger partial charge in [-0.15, -0.1) is 0 Å². The lowest BCUT2D eigenvalue weighted by Crippen LogP contribution is -2.63. The number of carbonyl (C=O) groups is 2. The van der Waals surface area contributed by atoms with Crippen molar-refractivity contribution >= 4 is 17.5 Å². The van der Waals surface area contributed by atoms with E-state index in [2.05, 4.69) is 26.1 Å². The Labute approximate surface area is 201 Å². The average molecular weight is 464 g/mol. The molecule has 0 aromatic heterocycles.